The van der Waals surface area contributed by atoms with Crippen molar-refractivity contribution < 1.29 is 13.9 Å². The Bertz CT molecular complexity index is 1100. The Kier molecular flexibility index (Phi) is 6.33. The number of aryl methyl sites for hydroxylation is 1. The zero-order valence-electron chi connectivity index (χ0n) is 17.2. The maximum atomic E-state index is 12.6. The van der Waals surface area contributed by atoms with Crippen LogP contribution >= 0.6 is 0 Å². The van der Waals surface area contributed by atoms with Crippen LogP contribution in [-0.2, 0) is 17.8 Å². The molecule has 0 amide bonds. The Labute approximate surface area is 174 Å². The summed E-state index contributed by atoms with van der Waals surface area (Å²) in [4.78, 5) is 27.3. The predicted octanol–water partition coefficient (Wildman–Crippen LogP) is 4.20. The first-order chi connectivity index (χ1) is 14.6. The van der Waals surface area contributed by atoms with Gasteiger partial charge in [-0.1, -0.05) is 43.7 Å². The first-order valence-electron chi connectivity index (χ1n) is 10.6. The summed E-state index contributed by atoms with van der Waals surface area (Å²) < 4.78 is 17.0. The zero-order chi connectivity index (χ0) is 20.9. The van der Waals surface area contributed by atoms with Crippen LogP contribution in [0.15, 0.2) is 56.5 Å². The summed E-state index contributed by atoms with van der Waals surface area (Å²) in [5.74, 6) is 0.793. The number of ether oxygens (including phenoxy) is 2. The number of nitrogens with one attached hydrogen (secondary N) is 1. The average Bonchev–Trinajstić information content (AvgIpc) is 2.70. The summed E-state index contributed by atoms with van der Waals surface area (Å²) in [5.41, 5.74) is 1.46. The molecule has 1 aliphatic rings. The number of aromatic amines is 1. The lowest BCUT2D eigenvalue weighted by molar-refractivity contribution is -0.00426. The molecular weight excluding hydrogens is 382 g/mol. The van der Waals surface area contributed by atoms with E-state index in [0.717, 1.165) is 36.8 Å². The lowest BCUT2D eigenvalue weighted by Crippen LogP contribution is -2.36. The van der Waals surface area contributed by atoms with Gasteiger partial charge in [-0.3, -0.25) is 9.78 Å². The summed E-state index contributed by atoms with van der Waals surface area (Å²) in [6.45, 7) is 3.38. The molecule has 3 aromatic rings. The molecule has 0 radical (unpaired) electrons. The highest BCUT2D eigenvalue weighted by molar-refractivity contribution is 5.79. The van der Waals surface area contributed by atoms with E-state index in [1.165, 1.54) is 6.07 Å². The molecule has 1 N–H and O–H groups in total. The number of H-pyrrole nitrogens is 1. The fourth-order valence-electron chi connectivity index (χ4n) is 3.88. The number of unbranched alkanes of at least 4 members (excludes halogenated alkanes) is 1. The van der Waals surface area contributed by atoms with Crippen LogP contribution in [0.3, 0.4) is 0 Å². The van der Waals surface area contributed by atoms with E-state index in [0.29, 0.717) is 36.8 Å². The molecule has 0 unspecified atom stereocenters. The minimum absolute atomic E-state index is 0.0263. The van der Waals surface area contributed by atoms with Crippen molar-refractivity contribution in [3.63, 3.8) is 0 Å². The molecule has 2 aromatic heterocycles. The fourth-order valence-corrected chi connectivity index (χ4v) is 3.88. The van der Waals surface area contributed by atoms with Crippen LogP contribution in [-0.4, -0.2) is 17.7 Å². The van der Waals surface area contributed by atoms with Gasteiger partial charge in [0.2, 0.25) is 0 Å². The second-order valence-electron chi connectivity index (χ2n) is 7.97. The largest absolute Gasteiger partial charge is 0.475 e. The van der Waals surface area contributed by atoms with Gasteiger partial charge in [0.1, 0.15) is 11.7 Å². The molecule has 4 rings (SSSR count). The maximum Gasteiger partial charge on any atom is 0.336 e. The fraction of sp³-hybridized carbons (Fsp3) is 0.417. The lowest BCUT2D eigenvalue weighted by Gasteiger charge is -2.34. The molecule has 6 nitrogen and oxygen atoms in total. The third kappa shape index (κ3) is 4.82. The van der Waals surface area contributed by atoms with E-state index in [-0.39, 0.29) is 17.2 Å². The maximum absolute atomic E-state index is 12.6. The molecule has 0 spiro atoms. The third-order valence-electron chi connectivity index (χ3n) is 5.55. The highest BCUT2D eigenvalue weighted by Crippen LogP contribution is 2.31. The van der Waals surface area contributed by atoms with Gasteiger partial charge in [-0.05, 0) is 42.7 Å². The van der Waals surface area contributed by atoms with Crippen molar-refractivity contribution in [2.45, 2.75) is 51.7 Å². The quantitative estimate of drug-likeness (QED) is 0.573. The van der Waals surface area contributed by atoms with Gasteiger partial charge >= 0.3 is 5.63 Å². The molecular formula is C24H27NO5. The number of fused-ring (bicyclic) bond motifs is 1. The molecule has 1 aromatic carbocycles. The summed E-state index contributed by atoms with van der Waals surface area (Å²) in [6, 6.07) is 13.1. The van der Waals surface area contributed by atoms with Crippen molar-refractivity contribution in [1.82, 2.24) is 4.98 Å². The summed E-state index contributed by atoms with van der Waals surface area (Å²) in [7, 11) is 0. The monoisotopic (exact) mass is 409 g/mol. The third-order valence-corrected chi connectivity index (χ3v) is 5.55. The van der Waals surface area contributed by atoms with Gasteiger partial charge in [-0.2, -0.15) is 0 Å². The first-order valence-corrected chi connectivity index (χ1v) is 10.6. The van der Waals surface area contributed by atoms with E-state index in [1.54, 1.807) is 6.07 Å². The van der Waals surface area contributed by atoms with Crippen LogP contribution in [0.2, 0.25) is 0 Å². The number of hydrogen-bond donors (Lipinski definition) is 1. The van der Waals surface area contributed by atoms with E-state index < -0.39 is 5.63 Å². The van der Waals surface area contributed by atoms with Crippen LogP contribution < -0.4 is 15.9 Å². The van der Waals surface area contributed by atoms with Crippen LogP contribution in [0.4, 0.5) is 0 Å². The molecule has 1 saturated carbocycles. The Morgan fingerprint density at radius 1 is 1.13 bits per heavy atom. The molecule has 30 heavy (non-hydrogen) atoms. The Hall–Kier alpha value is -2.86. The summed E-state index contributed by atoms with van der Waals surface area (Å²) >= 11 is 0. The van der Waals surface area contributed by atoms with Gasteiger partial charge in [0.15, 0.2) is 5.88 Å². The molecule has 0 saturated heterocycles. The standard InChI is InChI=1S/C24H27NO5/c1-2-3-9-18-12-22(26)30-20-13-21(25-24(27)23(18)20)29-19-10-17(11-19)15-28-14-16-7-5-4-6-8-16/h4-8,12-13,17,19H,2-3,9-11,14-15H2,1H3,(H,25,27). The number of hydrogen-bond acceptors (Lipinski definition) is 5. The van der Waals surface area contributed by atoms with E-state index in [2.05, 4.69) is 24.0 Å². The van der Waals surface area contributed by atoms with Crippen LogP contribution in [0.25, 0.3) is 11.0 Å². The Balaban J connectivity index is 1.35. The zero-order valence-corrected chi connectivity index (χ0v) is 17.2. The molecule has 0 aliphatic heterocycles. The molecule has 0 atom stereocenters. The molecule has 158 valence electrons. The minimum atomic E-state index is -0.440. The van der Waals surface area contributed by atoms with Gasteiger partial charge in [0, 0.05) is 12.1 Å². The average molecular weight is 409 g/mol. The van der Waals surface area contributed by atoms with Crippen molar-refractivity contribution in [3.05, 3.63) is 74.4 Å². The van der Waals surface area contributed by atoms with Crippen molar-refractivity contribution >= 4 is 11.0 Å². The van der Waals surface area contributed by atoms with Gasteiger partial charge in [0.05, 0.1) is 18.6 Å². The van der Waals surface area contributed by atoms with E-state index >= 15 is 0 Å². The molecule has 6 heteroatoms. The second kappa shape index (κ2) is 9.30. The van der Waals surface area contributed by atoms with E-state index in [1.807, 2.05) is 18.2 Å². The Morgan fingerprint density at radius 2 is 1.93 bits per heavy atom. The molecule has 2 heterocycles. The second-order valence-corrected chi connectivity index (χ2v) is 7.97. The normalized spacial score (nSPS) is 18.3. The number of rotatable bonds is 9. The van der Waals surface area contributed by atoms with Gasteiger partial charge in [-0.15, -0.1) is 0 Å². The van der Waals surface area contributed by atoms with Crippen LogP contribution in [0.5, 0.6) is 5.88 Å². The van der Waals surface area contributed by atoms with Crippen LogP contribution in [0.1, 0.15) is 43.7 Å². The molecule has 0 bridgehead atoms. The highest BCUT2D eigenvalue weighted by atomic mass is 16.5. The number of pyridine rings is 1. The topological polar surface area (TPSA) is 81.5 Å². The van der Waals surface area contributed by atoms with Crippen molar-refractivity contribution in [2.24, 2.45) is 5.92 Å². The number of aromatic nitrogens is 1. The van der Waals surface area contributed by atoms with E-state index in [4.69, 9.17) is 13.9 Å². The van der Waals surface area contributed by atoms with Gasteiger partial charge in [0.25, 0.3) is 5.56 Å². The van der Waals surface area contributed by atoms with Crippen molar-refractivity contribution in [1.29, 1.82) is 0 Å². The lowest BCUT2D eigenvalue weighted by atomic mass is 9.83. The molecule has 1 fully saturated rings. The Morgan fingerprint density at radius 3 is 2.70 bits per heavy atom. The van der Waals surface area contributed by atoms with Crippen molar-refractivity contribution in [2.75, 3.05) is 6.61 Å². The summed E-state index contributed by atoms with van der Waals surface area (Å²) in [5, 5.41) is 0.441. The van der Waals surface area contributed by atoms with Crippen LogP contribution in [0, 0.1) is 5.92 Å². The SMILES string of the molecule is CCCCc1cc(=O)oc2cc(OC3CC(COCc4ccccc4)C3)[nH]c(=O)c12. The minimum Gasteiger partial charge on any atom is -0.475 e. The highest BCUT2D eigenvalue weighted by Gasteiger charge is 2.31. The first kappa shape index (κ1) is 20.4. The summed E-state index contributed by atoms with van der Waals surface area (Å²) in [6.07, 6.45) is 4.34. The van der Waals surface area contributed by atoms with Crippen molar-refractivity contribution in [3.8, 4) is 5.88 Å². The van der Waals surface area contributed by atoms with E-state index in [9.17, 15) is 9.59 Å². The molecule has 1 aliphatic carbocycles. The van der Waals surface area contributed by atoms with Gasteiger partial charge in [-0.25, -0.2) is 4.79 Å². The number of benzene rings is 1. The van der Waals surface area contributed by atoms with Gasteiger partial charge < -0.3 is 13.9 Å². The predicted molar refractivity (Wildman–Crippen MR) is 115 cm³/mol. The smallest absolute Gasteiger partial charge is 0.336 e.